The smallest absolute Gasteiger partial charge is 0.251 e. The lowest BCUT2D eigenvalue weighted by atomic mass is 10.1. The summed E-state index contributed by atoms with van der Waals surface area (Å²) in [5, 5.41) is 11.8. The molecule has 7 heteroatoms. The quantitative estimate of drug-likeness (QED) is 0.648. The van der Waals surface area contributed by atoms with Crippen molar-refractivity contribution in [3.05, 3.63) is 65.0 Å². The molecule has 2 aromatic rings. The molecule has 1 atom stereocenters. The molecule has 0 aliphatic rings. The van der Waals surface area contributed by atoms with E-state index in [4.69, 9.17) is 0 Å². The van der Waals surface area contributed by atoms with Crippen molar-refractivity contribution in [3.8, 4) is 0 Å². The average Bonchev–Trinajstić information content (AvgIpc) is 2.57. The minimum atomic E-state index is -1.59. The van der Waals surface area contributed by atoms with Gasteiger partial charge in [0.2, 0.25) is 0 Å². The highest BCUT2D eigenvalue weighted by Gasteiger charge is 2.19. The predicted octanol–water partition coefficient (Wildman–Crippen LogP) is 3.29. The number of thioether (sulfide) groups is 1. The van der Waals surface area contributed by atoms with E-state index in [9.17, 15) is 23.1 Å². The Morgan fingerprint density at radius 2 is 1.74 bits per heavy atom. The standard InChI is InChI=1S/C16H14F3NO2S/c1-23-11-4-2-9(3-5-11)16(22)20-14(8-21)10-6-12(17)15(19)13(18)7-10/h2-7,14,21H,8H2,1H3,(H,20,22). The van der Waals surface area contributed by atoms with Crippen LogP contribution in [0, 0.1) is 17.5 Å². The van der Waals surface area contributed by atoms with Crippen LogP contribution in [-0.2, 0) is 0 Å². The molecule has 2 aromatic carbocycles. The molecule has 0 saturated heterocycles. The van der Waals surface area contributed by atoms with Crippen molar-refractivity contribution in [2.75, 3.05) is 12.9 Å². The van der Waals surface area contributed by atoms with Crippen molar-refractivity contribution in [1.82, 2.24) is 5.32 Å². The molecule has 0 radical (unpaired) electrons. The molecule has 2 rings (SSSR count). The van der Waals surface area contributed by atoms with E-state index >= 15 is 0 Å². The summed E-state index contributed by atoms with van der Waals surface area (Å²) in [6.45, 7) is -0.584. The van der Waals surface area contributed by atoms with Crippen molar-refractivity contribution in [3.63, 3.8) is 0 Å². The van der Waals surface area contributed by atoms with Gasteiger partial charge >= 0.3 is 0 Å². The normalized spacial score (nSPS) is 12.0. The summed E-state index contributed by atoms with van der Waals surface area (Å²) in [7, 11) is 0. The molecule has 0 spiro atoms. The topological polar surface area (TPSA) is 49.3 Å². The van der Waals surface area contributed by atoms with Gasteiger partial charge in [-0.05, 0) is 48.2 Å². The van der Waals surface area contributed by atoms with Gasteiger partial charge in [-0.15, -0.1) is 11.8 Å². The molecule has 1 unspecified atom stereocenters. The van der Waals surface area contributed by atoms with Crippen LogP contribution in [0.25, 0.3) is 0 Å². The van der Waals surface area contributed by atoms with Crippen LogP contribution < -0.4 is 5.32 Å². The molecule has 1 amide bonds. The molecular weight excluding hydrogens is 327 g/mol. The van der Waals surface area contributed by atoms with Gasteiger partial charge in [0, 0.05) is 10.5 Å². The number of hydrogen-bond donors (Lipinski definition) is 2. The minimum Gasteiger partial charge on any atom is -0.394 e. The molecule has 0 aromatic heterocycles. The highest BCUT2D eigenvalue weighted by Crippen LogP contribution is 2.20. The van der Waals surface area contributed by atoms with Crippen LogP contribution in [0.5, 0.6) is 0 Å². The van der Waals surface area contributed by atoms with Gasteiger partial charge in [0.05, 0.1) is 12.6 Å². The van der Waals surface area contributed by atoms with Crippen LogP contribution in [0.1, 0.15) is 22.0 Å². The van der Waals surface area contributed by atoms with Gasteiger partial charge in [-0.3, -0.25) is 4.79 Å². The first-order valence-electron chi connectivity index (χ1n) is 6.66. The Labute approximate surface area is 135 Å². The highest BCUT2D eigenvalue weighted by atomic mass is 32.2. The number of amides is 1. The van der Waals surface area contributed by atoms with Crippen LogP contribution in [-0.4, -0.2) is 23.9 Å². The van der Waals surface area contributed by atoms with E-state index in [1.807, 2.05) is 6.26 Å². The lowest BCUT2D eigenvalue weighted by molar-refractivity contribution is 0.0915. The van der Waals surface area contributed by atoms with Gasteiger partial charge in [-0.2, -0.15) is 0 Å². The van der Waals surface area contributed by atoms with E-state index in [0.717, 1.165) is 17.0 Å². The Morgan fingerprint density at radius 1 is 1.17 bits per heavy atom. The summed E-state index contributed by atoms with van der Waals surface area (Å²) in [4.78, 5) is 13.1. The fourth-order valence-corrected chi connectivity index (χ4v) is 2.40. The number of hydrogen-bond acceptors (Lipinski definition) is 3. The lowest BCUT2D eigenvalue weighted by Crippen LogP contribution is -2.31. The van der Waals surface area contributed by atoms with E-state index in [0.29, 0.717) is 5.56 Å². The molecule has 2 N–H and O–H groups in total. The zero-order valence-corrected chi connectivity index (χ0v) is 13.0. The number of carbonyl (C=O) groups excluding carboxylic acids is 1. The van der Waals surface area contributed by atoms with Crippen molar-refractivity contribution in [2.24, 2.45) is 0 Å². The minimum absolute atomic E-state index is 0.0574. The molecule has 23 heavy (non-hydrogen) atoms. The number of halogens is 3. The second-order valence-electron chi connectivity index (χ2n) is 4.74. The van der Waals surface area contributed by atoms with Crippen molar-refractivity contribution >= 4 is 17.7 Å². The lowest BCUT2D eigenvalue weighted by Gasteiger charge is -2.17. The van der Waals surface area contributed by atoms with Gasteiger partial charge in [0.15, 0.2) is 17.5 Å². The zero-order chi connectivity index (χ0) is 17.0. The number of aliphatic hydroxyl groups excluding tert-OH is 1. The first kappa shape index (κ1) is 17.4. The van der Waals surface area contributed by atoms with E-state index in [2.05, 4.69) is 5.32 Å². The van der Waals surface area contributed by atoms with Crippen molar-refractivity contribution in [2.45, 2.75) is 10.9 Å². The van der Waals surface area contributed by atoms with Crippen molar-refractivity contribution in [1.29, 1.82) is 0 Å². The largest absolute Gasteiger partial charge is 0.394 e. The second kappa shape index (κ2) is 7.52. The Bertz CT molecular complexity index is 684. The van der Waals surface area contributed by atoms with Gasteiger partial charge in [0.25, 0.3) is 5.91 Å². The Morgan fingerprint density at radius 3 is 2.22 bits per heavy atom. The number of benzene rings is 2. The number of rotatable bonds is 5. The van der Waals surface area contributed by atoms with Crippen LogP contribution in [0.4, 0.5) is 13.2 Å². The van der Waals surface area contributed by atoms with Crippen molar-refractivity contribution < 1.29 is 23.1 Å². The molecule has 0 fully saturated rings. The van der Waals surface area contributed by atoms with Crippen LogP contribution >= 0.6 is 11.8 Å². The summed E-state index contributed by atoms with van der Waals surface area (Å²) in [5.74, 6) is -4.86. The molecule has 0 aliphatic heterocycles. The third-order valence-corrected chi connectivity index (χ3v) is 3.99. The summed E-state index contributed by atoms with van der Waals surface area (Å²) >= 11 is 1.52. The van der Waals surface area contributed by atoms with Crippen LogP contribution in [0.15, 0.2) is 41.3 Å². The summed E-state index contributed by atoms with van der Waals surface area (Å²) in [6.07, 6.45) is 1.90. The maximum Gasteiger partial charge on any atom is 0.251 e. The average molecular weight is 341 g/mol. The monoisotopic (exact) mass is 341 g/mol. The third kappa shape index (κ3) is 4.05. The fraction of sp³-hybridized carbons (Fsp3) is 0.188. The highest BCUT2D eigenvalue weighted by molar-refractivity contribution is 7.98. The molecule has 0 heterocycles. The number of aliphatic hydroxyl groups is 1. The van der Waals surface area contributed by atoms with Crippen LogP contribution in [0.2, 0.25) is 0 Å². The maximum atomic E-state index is 13.3. The first-order valence-corrected chi connectivity index (χ1v) is 7.89. The predicted molar refractivity (Wildman–Crippen MR) is 81.8 cm³/mol. The van der Waals surface area contributed by atoms with Crippen LogP contribution in [0.3, 0.4) is 0 Å². The Hall–Kier alpha value is -1.99. The summed E-state index contributed by atoms with van der Waals surface area (Å²) < 4.78 is 39.5. The fourth-order valence-electron chi connectivity index (χ4n) is 1.99. The molecule has 0 saturated carbocycles. The van der Waals surface area contributed by atoms with Gasteiger partial charge < -0.3 is 10.4 Å². The molecular formula is C16H14F3NO2S. The number of nitrogens with one attached hydrogen (secondary N) is 1. The van der Waals surface area contributed by atoms with E-state index in [1.54, 1.807) is 24.3 Å². The van der Waals surface area contributed by atoms with Gasteiger partial charge in [-0.25, -0.2) is 13.2 Å². The molecule has 0 aliphatic carbocycles. The van der Waals surface area contributed by atoms with E-state index in [1.165, 1.54) is 11.8 Å². The summed E-state index contributed by atoms with van der Waals surface area (Å²) in [6, 6.07) is 7.15. The van der Waals surface area contributed by atoms with Gasteiger partial charge in [0.1, 0.15) is 0 Å². The SMILES string of the molecule is CSc1ccc(C(=O)NC(CO)c2cc(F)c(F)c(F)c2)cc1. The third-order valence-electron chi connectivity index (χ3n) is 3.25. The van der Waals surface area contributed by atoms with E-state index < -0.39 is 36.0 Å². The first-order chi connectivity index (χ1) is 11.0. The molecule has 3 nitrogen and oxygen atoms in total. The Kier molecular flexibility index (Phi) is 5.68. The number of carbonyl (C=O) groups is 1. The zero-order valence-electron chi connectivity index (χ0n) is 12.1. The van der Waals surface area contributed by atoms with E-state index in [-0.39, 0.29) is 5.56 Å². The maximum absolute atomic E-state index is 13.3. The summed E-state index contributed by atoms with van der Waals surface area (Å²) in [5.41, 5.74) is 0.280. The second-order valence-corrected chi connectivity index (χ2v) is 5.62. The Balaban J connectivity index is 2.19. The van der Waals surface area contributed by atoms with Gasteiger partial charge in [-0.1, -0.05) is 0 Å². The molecule has 0 bridgehead atoms. The molecule has 122 valence electrons.